The zero-order chi connectivity index (χ0) is 19.9. The summed E-state index contributed by atoms with van der Waals surface area (Å²) in [5, 5.41) is 4.37. The van der Waals surface area contributed by atoms with E-state index in [1.165, 1.54) is 39.0 Å². The van der Waals surface area contributed by atoms with E-state index in [4.69, 9.17) is 18.6 Å². The molecule has 1 atom stereocenters. The summed E-state index contributed by atoms with van der Waals surface area (Å²) < 4.78 is 3.92. The van der Waals surface area contributed by atoms with Crippen molar-refractivity contribution < 1.29 is 10.1 Å². The van der Waals surface area contributed by atoms with E-state index in [1.54, 1.807) is 0 Å². The molecule has 0 radical (unpaired) electrons. The summed E-state index contributed by atoms with van der Waals surface area (Å²) in [6.07, 6.45) is 0. The van der Waals surface area contributed by atoms with E-state index in [9.17, 15) is 0 Å². The molecular weight excluding hydrogens is 401 g/mol. The summed E-state index contributed by atoms with van der Waals surface area (Å²) in [5.74, 6) is 0. The van der Waals surface area contributed by atoms with Crippen LogP contribution in [0, 0.1) is 20.8 Å². The zero-order valence-electron chi connectivity index (χ0n) is 17.9. The maximum atomic E-state index is 7.82. The van der Waals surface area contributed by atoms with Gasteiger partial charge in [-0.05, 0) is 0 Å². The molecule has 0 amide bonds. The van der Waals surface area contributed by atoms with E-state index in [0.717, 1.165) is 0 Å². The van der Waals surface area contributed by atoms with E-state index in [1.807, 2.05) is 0 Å². The number of halogens is 2. The third kappa shape index (κ3) is 3.73. The van der Waals surface area contributed by atoms with Crippen LogP contribution in [0.25, 0.3) is 5.57 Å². The van der Waals surface area contributed by atoms with Crippen LogP contribution in [0.1, 0.15) is 66.7 Å². The molecule has 1 aromatic rings. The normalized spacial score (nSPS) is 23.0. The van der Waals surface area contributed by atoms with Gasteiger partial charge in [0.1, 0.15) is 0 Å². The molecule has 1 aliphatic carbocycles. The van der Waals surface area contributed by atoms with E-state index in [0.29, 0.717) is 8.11 Å². The molecule has 0 spiro atoms. The maximum absolute atomic E-state index is 7.82. The number of nitrogens with one attached hydrogen (secondary N) is 1. The van der Waals surface area contributed by atoms with Crippen molar-refractivity contribution in [1.29, 1.82) is 0 Å². The Morgan fingerprint density at radius 2 is 1.48 bits per heavy atom. The van der Waals surface area contributed by atoms with Gasteiger partial charge in [-0.1, -0.05) is 0 Å². The van der Waals surface area contributed by atoms with Crippen molar-refractivity contribution in [1.82, 2.24) is 3.80 Å². The Morgan fingerprint density at radius 3 is 1.92 bits per heavy atom. The van der Waals surface area contributed by atoms with E-state index in [2.05, 4.69) is 75.7 Å². The van der Waals surface area contributed by atoms with Gasteiger partial charge in [-0.15, -0.1) is 0 Å². The Kier molecular flexibility index (Phi) is 4.08. The Morgan fingerprint density at radius 1 is 1.00 bits per heavy atom. The van der Waals surface area contributed by atoms with Gasteiger partial charge in [-0.25, -0.2) is 0 Å². The molecule has 2 rings (SSSR count). The summed E-state index contributed by atoms with van der Waals surface area (Å²) in [4.78, 5) is 0. The number of hydrogen-bond acceptors (Lipinski definition) is 1. The van der Waals surface area contributed by atoms with Crippen LogP contribution in [0.3, 0.4) is 0 Å². The fraction of sp³-hybridized carbons (Fsp3) is 0.600. The van der Waals surface area contributed by atoms with Crippen LogP contribution in [0.5, 0.6) is 0 Å². The van der Waals surface area contributed by atoms with Crippen molar-refractivity contribution in [3.05, 3.63) is 39.5 Å². The molecule has 0 heterocycles. The van der Waals surface area contributed by atoms with Crippen LogP contribution in [0.15, 0.2) is 11.6 Å². The Bertz CT molecular complexity index is 832. The van der Waals surface area contributed by atoms with Crippen molar-refractivity contribution in [2.75, 3.05) is 0 Å². The summed E-state index contributed by atoms with van der Waals surface area (Å²) >= 11 is 0. The van der Waals surface area contributed by atoms with Gasteiger partial charge in [0.2, 0.25) is 0 Å². The minimum absolute atomic E-state index is 0.0562. The Labute approximate surface area is 160 Å². The van der Waals surface area contributed by atoms with Gasteiger partial charge in [0.25, 0.3) is 0 Å². The number of rotatable bonds is 2. The van der Waals surface area contributed by atoms with E-state index < -0.39 is 10.1 Å². The van der Waals surface area contributed by atoms with E-state index in [-0.39, 0.29) is 9.76 Å². The second kappa shape index (κ2) is 4.70. The second-order valence-electron chi connectivity index (χ2n) is 11.9. The van der Waals surface area contributed by atoms with Crippen molar-refractivity contribution >= 4 is 32.3 Å². The topological polar surface area (TPSA) is 12.0 Å². The predicted octanol–water partition coefficient (Wildman–Crippen LogP) is 6.21. The molecule has 25 heavy (non-hydrogen) atoms. The molecule has 1 N–H and O–H groups in total. The molecule has 1 aromatic carbocycles. The number of benzene rings is 1. The molecule has 0 aliphatic heterocycles. The molecule has 0 saturated heterocycles. The van der Waals surface area contributed by atoms with Crippen LogP contribution in [0.2, 0.25) is 10.5 Å². The average molecular weight is 437 g/mol. The van der Waals surface area contributed by atoms with Crippen molar-refractivity contribution in [2.24, 2.45) is 0 Å². The fourth-order valence-corrected chi connectivity index (χ4v) is 27.5. The fourth-order valence-electron chi connectivity index (χ4n) is 5.84. The van der Waals surface area contributed by atoms with Crippen LogP contribution < -0.4 is 3.80 Å². The molecule has 5 heteroatoms. The van der Waals surface area contributed by atoms with Crippen LogP contribution in [-0.4, -0.2) is 13.6 Å². The number of hydrogen-bond donors (Lipinski definition) is 1. The molecule has 1 unspecified atom stereocenters. The monoisotopic (exact) mass is 436 g/mol. The minimum atomic E-state index is -5.08. The van der Waals surface area contributed by atoms with Gasteiger partial charge in [0.05, 0.1) is 0 Å². The molecule has 1 aliphatic rings. The Hall–Kier alpha value is 0.431. The number of allylic oxidation sites excluding steroid dienone is 2. The molecular formula is C20H36Cl2NSiTi. The van der Waals surface area contributed by atoms with Gasteiger partial charge in [-0.2, -0.15) is 0 Å². The number of fused-ring (bicyclic) bond motifs is 1. The van der Waals surface area contributed by atoms with Crippen LogP contribution in [0.4, 0.5) is 0 Å². The summed E-state index contributed by atoms with van der Waals surface area (Å²) in [6.45, 7) is 17.6. The Balaban J connectivity index is 3.01. The quantitative estimate of drug-likeness (QED) is 0.543. The van der Waals surface area contributed by atoms with Gasteiger partial charge in [0.15, 0.2) is 0 Å². The average Bonchev–Trinajstić information content (AvgIpc) is 2.56. The second-order valence-corrected chi connectivity index (χ2v) is 65.5. The van der Waals surface area contributed by atoms with Gasteiger partial charge >= 0.3 is 161 Å². The molecule has 0 saturated carbocycles. The van der Waals surface area contributed by atoms with Crippen LogP contribution >= 0.6 is 18.6 Å². The van der Waals surface area contributed by atoms with E-state index >= 15 is 0 Å². The SMILES string of the molecule is CC1=C(C)[CH]([Ti]([CH3])([CH3])([SiH3])([Cl])([Cl])[NH]C(C)(C)C)c2c(C)c(C)cc(C)c21. The first-order valence-electron chi connectivity index (χ1n) is 9.32. The van der Waals surface area contributed by atoms with Crippen molar-refractivity contribution in [3.8, 4) is 0 Å². The van der Waals surface area contributed by atoms with Crippen LogP contribution in [-0.2, 0) is 10.1 Å². The van der Waals surface area contributed by atoms with Gasteiger partial charge in [-0.3, -0.25) is 0 Å². The zero-order valence-corrected chi connectivity index (χ0v) is 23.0. The molecule has 1 nitrogen and oxygen atoms in total. The van der Waals surface area contributed by atoms with Crippen molar-refractivity contribution in [2.45, 2.75) is 75.6 Å². The first-order chi connectivity index (χ1) is 10.6. The molecule has 0 aromatic heterocycles. The van der Waals surface area contributed by atoms with Gasteiger partial charge in [0, 0.05) is 0 Å². The summed E-state index contributed by atoms with van der Waals surface area (Å²) in [6, 6.07) is 2.30. The van der Waals surface area contributed by atoms with Gasteiger partial charge < -0.3 is 0 Å². The third-order valence-corrected chi connectivity index (χ3v) is 19.7. The summed E-state index contributed by atoms with van der Waals surface area (Å²) in [5.41, 5.74) is 9.25. The first-order valence-corrected chi connectivity index (χ1v) is 24.1. The molecule has 0 fully saturated rings. The first kappa shape index (κ1) is 21.7. The van der Waals surface area contributed by atoms with Crippen molar-refractivity contribution in [3.63, 3.8) is 0 Å². The summed E-state index contributed by atoms with van der Waals surface area (Å²) in [7, 11) is 11.3. The predicted molar refractivity (Wildman–Crippen MR) is 118 cm³/mol. The molecule has 0 bridgehead atoms. The number of aryl methyl sites for hydroxylation is 2. The molecule has 143 valence electrons. The standard InChI is InChI=1S/C14H17.C4H10N.2CH3.2ClH.H3Si.Ti/c1-8-6-10(3)14-12(5)9(2)7-13(14)11(8)4;1-4(2,3)5;;;;;;/h6-7H,1-5H3;5H,1-3H3;2*1H3;2*1H;1H3;/q;-1;;;;;;+3/p-2. The third-order valence-electron chi connectivity index (χ3n) is 5.93.